The molecule has 21 heavy (non-hydrogen) atoms. The van der Waals surface area contributed by atoms with Gasteiger partial charge in [0.15, 0.2) is 0 Å². The van der Waals surface area contributed by atoms with E-state index in [1.807, 2.05) is 56.7 Å². The minimum absolute atomic E-state index is 0.489. The Morgan fingerprint density at radius 1 is 1.29 bits per heavy atom. The van der Waals surface area contributed by atoms with Crippen LogP contribution in [0.2, 0.25) is 0 Å². The summed E-state index contributed by atoms with van der Waals surface area (Å²) in [5.41, 5.74) is 3.98. The molecule has 4 heteroatoms. The van der Waals surface area contributed by atoms with E-state index in [0.717, 1.165) is 34.1 Å². The van der Waals surface area contributed by atoms with Gasteiger partial charge in [-0.1, -0.05) is 18.2 Å². The van der Waals surface area contributed by atoms with Crippen molar-refractivity contribution in [1.29, 1.82) is 0 Å². The Hall–Kier alpha value is -2.20. The molecule has 2 aromatic heterocycles. The summed E-state index contributed by atoms with van der Waals surface area (Å²) in [7, 11) is 1.90. The SMILES string of the molecule is Cc1cc(C(O)CCc2cnn(C)c2)c2ccccc2n1. The average Bonchev–Trinajstić information content (AvgIpc) is 2.89. The molecule has 0 radical (unpaired) electrons. The maximum atomic E-state index is 10.6. The Labute approximate surface area is 124 Å². The van der Waals surface area contributed by atoms with Gasteiger partial charge in [-0.2, -0.15) is 5.10 Å². The molecule has 0 saturated heterocycles. The summed E-state index contributed by atoms with van der Waals surface area (Å²) in [5, 5.41) is 15.7. The van der Waals surface area contributed by atoms with Crippen LogP contribution in [0.25, 0.3) is 10.9 Å². The molecule has 0 aliphatic carbocycles. The van der Waals surface area contributed by atoms with E-state index in [2.05, 4.69) is 10.1 Å². The molecule has 3 rings (SSSR count). The molecule has 0 bridgehead atoms. The van der Waals surface area contributed by atoms with E-state index < -0.39 is 6.10 Å². The number of aliphatic hydroxyl groups is 1. The number of aliphatic hydroxyl groups excluding tert-OH is 1. The Bertz CT molecular complexity index is 764. The lowest BCUT2D eigenvalue weighted by molar-refractivity contribution is 0.169. The van der Waals surface area contributed by atoms with Gasteiger partial charge in [0.05, 0.1) is 17.8 Å². The highest BCUT2D eigenvalue weighted by molar-refractivity contribution is 5.82. The third kappa shape index (κ3) is 2.95. The summed E-state index contributed by atoms with van der Waals surface area (Å²) in [6, 6.07) is 9.94. The fraction of sp³-hybridized carbons (Fsp3) is 0.294. The molecular formula is C17H19N3O. The van der Waals surface area contributed by atoms with Gasteiger partial charge in [0, 0.05) is 24.3 Å². The first-order valence-corrected chi connectivity index (χ1v) is 7.15. The first kappa shape index (κ1) is 13.8. The average molecular weight is 281 g/mol. The molecule has 4 nitrogen and oxygen atoms in total. The number of hydrogen-bond acceptors (Lipinski definition) is 3. The smallest absolute Gasteiger partial charge is 0.0800 e. The number of aryl methyl sites for hydroxylation is 3. The molecule has 1 unspecified atom stereocenters. The molecule has 0 spiro atoms. The molecule has 1 atom stereocenters. The molecule has 1 aromatic carbocycles. The van der Waals surface area contributed by atoms with Crippen LogP contribution in [0.4, 0.5) is 0 Å². The lowest BCUT2D eigenvalue weighted by Gasteiger charge is -2.14. The highest BCUT2D eigenvalue weighted by Crippen LogP contribution is 2.27. The van der Waals surface area contributed by atoms with Gasteiger partial charge in [-0.25, -0.2) is 0 Å². The molecule has 1 N–H and O–H groups in total. The van der Waals surface area contributed by atoms with Crippen molar-refractivity contribution in [3.05, 3.63) is 59.5 Å². The fourth-order valence-corrected chi connectivity index (χ4v) is 2.68. The Balaban J connectivity index is 1.85. The largest absolute Gasteiger partial charge is 0.388 e. The van der Waals surface area contributed by atoms with E-state index in [1.54, 1.807) is 4.68 Å². The third-order valence-corrected chi connectivity index (χ3v) is 3.70. The first-order valence-electron chi connectivity index (χ1n) is 7.15. The van der Waals surface area contributed by atoms with Crippen molar-refractivity contribution in [2.75, 3.05) is 0 Å². The number of aromatic nitrogens is 3. The second-order valence-corrected chi connectivity index (χ2v) is 5.45. The second kappa shape index (κ2) is 5.66. The first-order chi connectivity index (χ1) is 10.1. The van der Waals surface area contributed by atoms with Gasteiger partial charge >= 0.3 is 0 Å². The maximum Gasteiger partial charge on any atom is 0.0800 e. The van der Waals surface area contributed by atoms with E-state index in [-0.39, 0.29) is 0 Å². The maximum absolute atomic E-state index is 10.6. The van der Waals surface area contributed by atoms with Gasteiger partial charge in [-0.3, -0.25) is 9.67 Å². The van der Waals surface area contributed by atoms with Crippen molar-refractivity contribution in [1.82, 2.24) is 14.8 Å². The van der Waals surface area contributed by atoms with Crippen LogP contribution < -0.4 is 0 Å². The van der Waals surface area contributed by atoms with Crippen LogP contribution in [-0.2, 0) is 13.5 Å². The zero-order valence-electron chi connectivity index (χ0n) is 12.3. The molecule has 3 aromatic rings. The van der Waals surface area contributed by atoms with E-state index in [1.165, 1.54) is 0 Å². The number of fused-ring (bicyclic) bond motifs is 1. The van der Waals surface area contributed by atoms with Crippen LogP contribution in [-0.4, -0.2) is 19.9 Å². The number of para-hydroxylation sites is 1. The highest BCUT2D eigenvalue weighted by Gasteiger charge is 2.13. The van der Waals surface area contributed by atoms with Crippen LogP contribution in [0.1, 0.15) is 29.3 Å². The van der Waals surface area contributed by atoms with E-state index in [4.69, 9.17) is 0 Å². The third-order valence-electron chi connectivity index (χ3n) is 3.70. The standard InChI is InChI=1S/C17H19N3O/c1-12-9-15(14-5-3-4-6-16(14)19-12)17(21)8-7-13-10-18-20(2)11-13/h3-6,9-11,17,21H,7-8H2,1-2H3. The zero-order valence-corrected chi connectivity index (χ0v) is 12.3. The molecular weight excluding hydrogens is 262 g/mol. The summed E-state index contributed by atoms with van der Waals surface area (Å²) < 4.78 is 1.79. The molecule has 0 amide bonds. The number of rotatable bonds is 4. The predicted octanol–water partition coefficient (Wildman–Crippen LogP) is 2.94. The van der Waals surface area contributed by atoms with Crippen molar-refractivity contribution in [2.45, 2.75) is 25.9 Å². The number of hydrogen-bond donors (Lipinski definition) is 1. The summed E-state index contributed by atoms with van der Waals surface area (Å²) in [6.45, 7) is 1.96. The Kier molecular flexibility index (Phi) is 3.71. The minimum Gasteiger partial charge on any atom is -0.388 e. The van der Waals surface area contributed by atoms with Crippen LogP contribution in [0.5, 0.6) is 0 Å². The predicted molar refractivity (Wildman–Crippen MR) is 83.0 cm³/mol. The Morgan fingerprint density at radius 2 is 2.10 bits per heavy atom. The topological polar surface area (TPSA) is 50.9 Å². The zero-order chi connectivity index (χ0) is 14.8. The lowest BCUT2D eigenvalue weighted by atomic mass is 9.98. The normalized spacial score (nSPS) is 12.7. The van der Waals surface area contributed by atoms with Crippen molar-refractivity contribution in [3.8, 4) is 0 Å². The molecule has 0 fully saturated rings. The quantitative estimate of drug-likeness (QED) is 0.800. The highest BCUT2D eigenvalue weighted by atomic mass is 16.3. The number of nitrogens with zero attached hydrogens (tertiary/aromatic N) is 3. The summed E-state index contributed by atoms with van der Waals surface area (Å²) in [5.74, 6) is 0. The fourth-order valence-electron chi connectivity index (χ4n) is 2.68. The minimum atomic E-state index is -0.489. The molecule has 2 heterocycles. The lowest BCUT2D eigenvalue weighted by Crippen LogP contribution is -2.02. The molecule has 0 aliphatic rings. The summed E-state index contributed by atoms with van der Waals surface area (Å²) in [4.78, 5) is 4.52. The van der Waals surface area contributed by atoms with Crippen molar-refractivity contribution in [2.24, 2.45) is 7.05 Å². The van der Waals surface area contributed by atoms with Crippen LogP contribution in [0.3, 0.4) is 0 Å². The monoisotopic (exact) mass is 281 g/mol. The van der Waals surface area contributed by atoms with E-state index >= 15 is 0 Å². The van der Waals surface area contributed by atoms with Gasteiger partial charge < -0.3 is 5.11 Å². The van der Waals surface area contributed by atoms with Crippen molar-refractivity contribution >= 4 is 10.9 Å². The van der Waals surface area contributed by atoms with Gasteiger partial charge in [0.2, 0.25) is 0 Å². The van der Waals surface area contributed by atoms with Crippen LogP contribution in [0.15, 0.2) is 42.7 Å². The van der Waals surface area contributed by atoms with Crippen molar-refractivity contribution in [3.63, 3.8) is 0 Å². The Morgan fingerprint density at radius 3 is 2.86 bits per heavy atom. The van der Waals surface area contributed by atoms with Gasteiger partial charge in [-0.05, 0) is 43.0 Å². The van der Waals surface area contributed by atoms with Gasteiger partial charge in [0.25, 0.3) is 0 Å². The second-order valence-electron chi connectivity index (χ2n) is 5.45. The van der Waals surface area contributed by atoms with Crippen molar-refractivity contribution < 1.29 is 5.11 Å². The van der Waals surface area contributed by atoms with Gasteiger partial charge in [0.1, 0.15) is 0 Å². The van der Waals surface area contributed by atoms with Crippen LogP contribution >= 0.6 is 0 Å². The van der Waals surface area contributed by atoms with E-state index in [9.17, 15) is 5.11 Å². The number of benzene rings is 1. The molecule has 0 saturated carbocycles. The summed E-state index contributed by atoms with van der Waals surface area (Å²) in [6.07, 6.45) is 4.84. The summed E-state index contributed by atoms with van der Waals surface area (Å²) >= 11 is 0. The number of pyridine rings is 1. The molecule has 0 aliphatic heterocycles. The van der Waals surface area contributed by atoms with Crippen LogP contribution in [0, 0.1) is 6.92 Å². The van der Waals surface area contributed by atoms with Gasteiger partial charge in [-0.15, -0.1) is 0 Å². The van der Waals surface area contributed by atoms with E-state index in [0.29, 0.717) is 6.42 Å². The molecule has 108 valence electrons.